The standard InChI is InChI=1S/C14H22N2OS/c1-10-13(11(2)17)18-14(15-10)16(3)12-8-6-4-5-7-9-12/h12H,4-9H2,1-3H3. The van der Waals surface area contributed by atoms with Crippen LogP contribution < -0.4 is 4.90 Å². The number of anilines is 1. The van der Waals surface area contributed by atoms with E-state index in [1.54, 1.807) is 18.3 Å². The highest BCUT2D eigenvalue weighted by molar-refractivity contribution is 7.17. The van der Waals surface area contributed by atoms with Crippen LogP contribution in [0.2, 0.25) is 0 Å². The number of Topliss-reactive ketones (excluding diaryl/α,β-unsaturated/α-hetero) is 1. The fraction of sp³-hybridized carbons (Fsp3) is 0.714. The summed E-state index contributed by atoms with van der Waals surface area (Å²) in [7, 11) is 2.12. The van der Waals surface area contributed by atoms with Gasteiger partial charge in [-0.05, 0) is 19.8 Å². The smallest absolute Gasteiger partial charge is 0.186 e. The summed E-state index contributed by atoms with van der Waals surface area (Å²) in [5.41, 5.74) is 0.878. The number of nitrogens with zero attached hydrogens (tertiary/aromatic N) is 2. The molecule has 100 valence electrons. The second kappa shape index (κ2) is 5.83. The molecule has 1 saturated carbocycles. The zero-order valence-electron chi connectivity index (χ0n) is 11.5. The molecule has 0 aliphatic heterocycles. The zero-order chi connectivity index (χ0) is 13.1. The van der Waals surface area contributed by atoms with Crippen molar-refractivity contribution in [2.24, 2.45) is 0 Å². The molecule has 1 heterocycles. The Kier molecular flexibility index (Phi) is 4.38. The quantitative estimate of drug-likeness (QED) is 0.616. The van der Waals surface area contributed by atoms with Gasteiger partial charge in [-0.1, -0.05) is 37.0 Å². The summed E-state index contributed by atoms with van der Waals surface area (Å²) in [6, 6.07) is 0.595. The SMILES string of the molecule is CC(=O)c1sc(N(C)C2CCCCCC2)nc1C. The summed E-state index contributed by atoms with van der Waals surface area (Å²) < 4.78 is 0. The number of hydrogen-bond donors (Lipinski definition) is 0. The number of hydrogen-bond acceptors (Lipinski definition) is 4. The number of carbonyl (C=O) groups excluding carboxylic acids is 1. The average molecular weight is 266 g/mol. The third-order valence-electron chi connectivity index (χ3n) is 3.78. The molecule has 1 aromatic rings. The molecule has 0 radical (unpaired) electrons. The van der Waals surface area contributed by atoms with Gasteiger partial charge in [-0.2, -0.15) is 0 Å². The van der Waals surface area contributed by atoms with Crippen molar-refractivity contribution in [1.82, 2.24) is 4.98 Å². The van der Waals surface area contributed by atoms with Gasteiger partial charge in [0.1, 0.15) is 0 Å². The van der Waals surface area contributed by atoms with Gasteiger partial charge in [-0.15, -0.1) is 0 Å². The van der Waals surface area contributed by atoms with Crippen LogP contribution in [0, 0.1) is 6.92 Å². The molecule has 0 bridgehead atoms. The van der Waals surface area contributed by atoms with Gasteiger partial charge in [0.2, 0.25) is 0 Å². The van der Waals surface area contributed by atoms with Crippen molar-refractivity contribution in [1.29, 1.82) is 0 Å². The number of aryl methyl sites for hydroxylation is 1. The van der Waals surface area contributed by atoms with E-state index in [4.69, 9.17) is 0 Å². The molecule has 4 heteroatoms. The lowest BCUT2D eigenvalue weighted by Crippen LogP contribution is -2.30. The fourth-order valence-electron chi connectivity index (χ4n) is 2.66. The highest BCUT2D eigenvalue weighted by atomic mass is 32.1. The minimum Gasteiger partial charge on any atom is -0.348 e. The van der Waals surface area contributed by atoms with E-state index in [1.165, 1.54) is 38.5 Å². The number of aromatic nitrogens is 1. The Hall–Kier alpha value is -0.900. The van der Waals surface area contributed by atoms with Crippen molar-refractivity contribution in [3.05, 3.63) is 10.6 Å². The van der Waals surface area contributed by atoms with Crippen LogP contribution in [0.4, 0.5) is 5.13 Å². The highest BCUT2D eigenvalue weighted by Gasteiger charge is 2.21. The van der Waals surface area contributed by atoms with E-state index in [0.29, 0.717) is 6.04 Å². The second-order valence-corrected chi connectivity index (χ2v) is 6.20. The third-order valence-corrected chi connectivity index (χ3v) is 5.13. The lowest BCUT2D eigenvalue weighted by Gasteiger charge is -2.26. The lowest BCUT2D eigenvalue weighted by molar-refractivity contribution is 0.102. The van der Waals surface area contributed by atoms with Gasteiger partial charge in [-0.25, -0.2) is 4.98 Å². The molecular weight excluding hydrogens is 244 g/mol. The summed E-state index contributed by atoms with van der Waals surface area (Å²) in [6.45, 7) is 3.55. The third kappa shape index (κ3) is 2.91. The highest BCUT2D eigenvalue weighted by Crippen LogP contribution is 2.30. The maximum absolute atomic E-state index is 11.5. The van der Waals surface area contributed by atoms with Crippen LogP contribution >= 0.6 is 11.3 Å². The van der Waals surface area contributed by atoms with Gasteiger partial charge < -0.3 is 4.90 Å². The van der Waals surface area contributed by atoms with Gasteiger partial charge in [0, 0.05) is 20.0 Å². The van der Waals surface area contributed by atoms with E-state index in [9.17, 15) is 4.79 Å². The van der Waals surface area contributed by atoms with Crippen molar-refractivity contribution < 1.29 is 4.79 Å². The molecule has 2 rings (SSSR count). The molecule has 0 N–H and O–H groups in total. The van der Waals surface area contributed by atoms with Crippen molar-refractivity contribution >= 4 is 22.3 Å². The van der Waals surface area contributed by atoms with Gasteiger partial charge >= 0.3 is 0 Å². The van der Waals surface area contributed by atoms with Crippen LogP contribution in [0.15, 0.2) is 0 Å². The molecule has 0 spiro atoms. The van der Waals surface area contributed by atoms with Crippen LogP contribution in [-0.2, 0) is 0 Å². The molecule has 1 aliphatic carbocycles. The lowest BCUT2D eigenvalue weighted by atomic mass is 10.1. The summed E-state index contributed by atoms with van der Waals surface area (Å²) in [5.74, 6) is 0.130. The molecule has 1 aromatic heterocycles. The first-order valence-corrected chi connectivity index (χ1v) is 7.62. The maximum Gasteiger partial charge on any atom is 0.186 e. The Morgan fingerprint density at radius 2 is 1.89 bits per heavy atom. The van der Waals surface area contributed by atoms with E-state index in [0.717, 1.165) is 15.7 Å². The van der Waals surface area contributed by atoms with Gasteiger partial charge in [0.05, 0.1) is 10.6 Å². The molecule has 1 aliphatic rings. The van der Waals surface area contributed by atoms with Crippen LogP contribution in [0.5, 0.6) is 0 Å². The average Bonchev–Trinajstić information content (AvgIpc) is 2.56. The number of ketones is 1. The molecular formula is C14H22N2OS. The fourth-order valence-corrected chi connectivity index (χ4v) is 3.66. The van der Waals surface area contributed by atoms with Crippen LogP contribution in [0.3, 0.4) is 0 Å². The minimum atomic E-state index is 0.130. The first-order chi connectivity index (χ1) is 8.59. The van der Waals surface area contributed by atoms with E-state index >= 15 is 0 Å². The normalized spacial score (nSPS) is 17.5. The predicted molar refractivity (Wildman–Crippen MR) is 76.7 cm³/mol. The molecule has 0 aromatic carbocycles. The van der Waals surface area contributed by atoms with Gasteiger partial charge in [0.15, 0.2) is 10.9 Å². The predicted octanol–water partition coefficient (Wildman–Crippen LogP) is 3.81. The Labute approximate surface area is 113 Å². The van der Waals surface area contributed by atoms with Crippen molar-refractivity contribution in [2.45, 2.75) is 58.4 Å². The number of rotatable bonds is 3. The minimum absolute atomic E-state index is 0.130. The van der Waals surface area contributed by atoms with E-state index < -0.39 is 0 Å². The Balaban J connectivity index is 2.14. The van der Waals surface area contributed by atoms with E-state index in [-0.39, 0.29) is 5.78 Å². The van der Waals surface area contributed by atoms with E-state index in [1.807, 2.05) is 6.92 Å². The summed E-state index contributed by atoms with van der Waals surface area (Å²) >= 11 is 1.54. The maximum atomic E-state index is 11.5. The molecule has 0 amide bonds. The summed E-state index contributed by atoms with van der Waals surface area (Å²) in [4.78, 5) is 19.1. The van der Waals surface area contributed by atoms with Crippen molar-refractivity contribution in [3.63, 3.8) is 0 Å². The zero-order valence-corrected chi connectivity index (χ0v) is 12.3. The monoisotopic (exact) mass is 266 g/mol. The van der Waals surface area contributed by atoms with Crippen LogP contribution in [0.25, 0.3) is 0 Å². The molecule has 18 heavy (non-hydrogen) atoms. The Morgan fingerprint density at radius 1 is 1.28 bits per heavy atom. The molecule has 3 nitrogen and oxygen atoms in total. The largest absolute Gasteiger partial charge is 0.348 e. The molecule has 0 unspecified atom stereocenters. The van der Waals surface area contributed by atoms with Gasteiger partial charge in [0.25, 0.3) is 0 Å². The van der Waals surface area contributed by atoms with Crippen LogP contribution in [0.1, 0.15) is 60.8 Å². The summed E-state index contributed by atoms with van der Waals surface area (Å²) in [6.07, 6.45) is 7.87. The number of carbonyl (C=O) groups is 1. The topological polar surface area (TPSA) is 33.2 Å². The number of thiazole rings is 1. The second-order valence-electron chi connectivity index (χ2n) is 5.22. The Morgan fingerprint density at radius 3 is 2.39 bits per heavy atom. The first kappa shape index (κ1) is 13.5. The Bertz CT molecular complexity index is 419. The molecule has 1 fully saturated rings. The van der Waals surface area contributed by atoms with Crippen molar-refractivity contribution in [2.75, 3.05) is 11.9 Å². The van der Waals surface area contributed by atoms with Crippen LogP contribution in [-0.4, -0.2) is 23.9 Å². The molecule has 0 saturated heterocycles. The first-order valence-electron chi connectivity index (χ1n) is 6.81. The summed E-state index contributed by atoms with van der Waals surface area (Å²) in [5, 5.41) is 1.00. The molecule has 0 atom stereocenters. The van der Waals surface area contributed by atoms with Gasteiger partial charge in [-0.3, -0.25) is 4.79 Å². The van der Waals surface area contributed by atoms with Crippen molar-refractivity contribution in [3.8, 4) is 0 Å². The van der Waals surface area contributed by atoms with E-state index in [2.05, 4.69) is 16.9 Å².